The lowest BCUT2D eigenvalue weighted by atomic mass is 10.1. The van der Waals surface area contributed by atoms with Crippen LogP contribution in [0.4, 0.5) is 0 Å². The van der Waals surface area contributed by atoms with Gasteiger partial charge >= 0.3 is 11.1 Å². The van der Waals surface area contributed by atoms with Gasteiger partial charge in [-0.2, -0.15) is 0 Å². The lowest BCUT2D eigenvalue weighted by Crippen LogP contribution is -2.44. The van der Waals surface area contributed by atoms with E-state index in [9.17, 15) is 9.59 Å². The van der Waals surface area contributed by atoms with Crippen molar-refractivity contribution < 1.29 is 4.74 Å². The number of nitrogens with zero attached hydrogens (tertiary/aromatic N) is 3. The quantitative estimate of drug-likeness (QED) is 0.818. The highest BCUT2D eigenvalue weighted by atomic mass is 16.5. The van der Waals surface area contributed by atoms with Gasteiger partial charge in [-0.1, -0.05) is 0 Å². The first-order valence-corrected chi connectivity index (χ1v) is 7.43. The fourth-order valence-electron chi connectivity index (χ4n) is 3.02. The Morgan fingerprint density at radius 3 is 2.73 bits per heavy atom. The summed E-state index contributed by atoms with van der Waals surface area (Å²) in [6.45, 7) is 2.11. The molecule has 1 saturated heterocycles. The first-order valence-electron chi connectivity index (χ1n) is 7.43. The molecule has 1 fully saturated rings. The Morgan fingerprint density at radius 2 is 2.05 bits per heavy atom. The molecule has 118 valence electrons. The van der Waals surface area contributed by atoms with Gasteiger partial charge in [-0.05, 0) is 37.6 Å². The minimum absolute atomic E-state index is 0.0194. The highest BCUT2D eigenvalue weighted by Crippen LogP contribution is 2.20. The van der Waals surface area contributed by atoms with Gasteiger partial charge in [0.15, 0.2) is 5.65 Å². The van der Waals surface area contributed by atoms with Gasteiger partial charge in [0.1, 0.15) is 0 Å². The van der Waals surface area contributed by atoms with Gasteiger partial charge in [-0.25, -0.2) is 4.98 Å². The molecule has 0 atom stereocenters. The minimum atomic E-state index is -0.512. The van der Waals surface area contributed by atoms with E-state index >= 15 is 0 Å². The second-order valence-electron chi connectivity index (χ2n) is 5.64. The Labute approximate surface area is 127 Å². The van der Waals surface area contributed by atoms with Crippen molar-refractivity contribution in [1.82, 2.24) is 19.4 Å². The molecule has 1 aliphatic rings. The predicted molar refractivity (Wildman–Crippen MR) is 83.1 cm³/mol. The van der Waals surface area contributed by atoms with E-state index in [2.05, 4.69) is 10.3 Å². The summed E-state index contributed by atoms with van der Waals surface area (Å²) in [5.41, 5.74) is 1.10. The average Bonchev–Trinajstić information content (AvgIpc) is 2.55. The molecule has 3 heterocycles. The zero-order valence-electron chi connectivity index (χ0n) is 12.8. The zero-order chi connectivity index (χ0) is 15.7. The van der Waals surface area contributed by atoms with Crippen molar-refractivity contribution in [3.05, 3.63) is 38.5 Å². The summed E-state index contributed by atoms with van der Waals surface area (Å²) >= 11 is 0. The molecule has 0 bridgehead atoms. The van der Waals surface area contributed by atoms with Crippen molar-refractivity contribution in [3.63, 3.8) is 0 Å². The van der Waals surface area contributed by atoms with Gasteiger partial charge in [-0.3, -0.25) is 14.2 Å². The van der Waals surface area contributed by atoms with Crippen LogP contribution in [0, 0.1) is 0 Å². The first kappa shape index (κ1) is 14.9. The van der Waals surface area contributed by atoms with Crippen LogP contribution in [0.1, 0.15) is 24.4 Å². The number of pyridine rings is 1. The number of nitrogens with one attached hydrogen (secondary N) is 1. The summed E-state index contributed by atoms with van der Waals surface area (Å²) in [5, 5.41) is 3.27. The van der Waals surface area contributed by atoms with Crippen LogP contribution in [-0.2, 0) is 18.4 Å². The Balaban J connectivity index is 2.26. The van der Waals surface area contributed by atoms with Gasteiger partial charge in [0, 0.05) is 26.4 Å². The molecule has 7 heteroatoms. The largest absolute Gasteiger partial charge is 0.380 e. The second kappa shape index (κ2) is 6.02. The lowest BCUT2D eigenvalue weighted by molar-refractivity contribution is 0.184. The molecule has 2 aromatic rings. The van der Waals surface area contributed by atoms with Gasteiger partial charge in [0.05, 0.1) is 12.1 Å². The standard InChI is InChI=1S/C15H20N4O3/c1-18-12-7-10(9-22-2)8-17-13(12)19(15(21)14(18)20)11-3-5-16-6-4-11/h7-8,11,16H,3-6,9H2,1-2H3. The molecule has 2 aromatic heterocycles. The molecule has 0 unspecified atom stereocenters. The molecule has 22 heavy (non-hydrogen) atoms. The fourth-order valence-corrected chi connectivity index (χ4v) is 3.02. The Morgan fingerprint density at radius 1 is 1.32 bits per heavy atom. The fraction of sp³-hybridized carbons (Fsp3) is 0.533. The smallest absolute Gasteiger partial charge is 0.318 e. The van der Waals surface area contributed by atoms with E-state index in [0.717, 1.165) is 31.5 Å². The van der Waals surface area contributed by atoms with Crippen LogP contribution in [0.2, 0.25) is 0 Å². The number of hydrogen-bond donors (Lipinski definition) is 1. The summed E-state index contributed by atoms with van der Waals surface area (Å²) in [4.78, 5) is 29.2. The Kier molecular flexibility index (Phi) is 4.08. The van der Waals surface area contributed by atoms with Crippen LogP contribution in [0.3, 0.4) is 0 Å². The molecular formula is C15H20N4O3. The van der Waals surface area contributed by atoms with Crippen molar-refractivity contribution in [2.75, 3.05) is 20.2 Å². The second-order valence-corrected chi connectivity index (χ2v) is 5.64. The number of rotatable bonds is 3. The van der Waals surface area contributed by atoms with Crippen molar-refractivity contribution >= 4 is 11.2 Å². The maximum atomic E-state index is 12.5. The van der Waals surface area contributed by atoms with Gasteiger partial charge < -0.3 is 14.6 Å². The van der Waals surface area contributed by atoms with Crippen LogP contribution in [0.25, 0.3) is 11.2 Å². The normalized spacial score (nSPS) is 16.3. The van der Waals surface area contributed by atoms with Crippen LogP contribution >= 0.6 is 0 Å². The van der Waals surface area contributed by atoms with E-state index < -0.39 is 11.1 Å². The summed E-state index contributed by atoms with van der Waals surface area (Å²) in [7, 11) is 3.22. The van der Waals surface area contributed by atoms with Crippen molar-refractivity contribution in [2.24, 2.45) is 7.05 Å². The van der Waals surface area contributed by atoms with Crippen LogP contribution in [0.5, 0.6) is 0 Å². The summed E-state index contributed by atoms with van der Waals surface area (Å²) in [6.07, 6.45) is 3.35. The van der Waals surface area contributed by atoms with Crippen molar-refractivity contribution in [1.29, 1.82) is 0 Å². The predicted octanol–water partition coefficient (Wildman–Crippen LogP) is 0.166. The van der Waals surface area contributed by atoms with E-state index in [4.69, 9.17) is 4.74 Å². The molecule has 0 amide bonds. The van der Waals surface area contributed by atoms with Gasteiger partial charge in [0.2, 0.25) is 0 Å². The zero-order valence-corrected chi connectivity index (χ0v) is 12.8. The number of hydrogen-bond acceptors (Lipinski definition) is 5. The minimum Gasteiger partial charge on any atom is -0.380 e. The summed E-state index contributed by atoms with van der Waals surface area (Å²) in [5.74, 6) is 0. The van der Waals surface area contributed by atoms with E-state index in [1.165, 1.54) is 4.57 Å². The molecule has 7 nitrogen and oxygen atoms in total. The molecule has 1 N–H and O–H groups in total. The molecule has 0 saturated carbocycles. The summed E-state index contributed by atoms with van der Waals surface area (Å²) in [6, 6.07) is 1.88. The number of ether oxygens (including phenoxy) is 1. The third-order valence-electron chi connectivity index (χ3n) is 4.18. The lowest BCUT2D eigenvalue weighted by Gasteiger charge is -2.26. The number of aromatic nitrogens is 3. The first-order chi connectivity index (χ1) is 10.6. The Bertz CT molecular complexity index is 803. The number of piperidine rings is 1. The van der Waals surface area contributed by atoms with Gasteiger partial charge in [0.25, 0.3) is 0 Å². The number of methoxy groups -OCH3 is 1. The maximum absolute atomic E-state index is 12.5. The SMILES string of the molecule is COCc1cnc2c(c1)n(C)c(=O)c(=O)n2C1CCNCC1. The number of fused-ring (bicyclic) bond motifs is 1. The Hall–Kier alpha value is -1.99. The monoisotopic (exact) mass is 304 g/mol. The third kappa shape index (κ3) is 2.46. The van der Waals surface area contributed by atoms with Crippen LogP contribution in [-0.4, -0.2) is 34.3 Å². The van der Waals surface area contributed by atoms with E-state index in [1.807, 2.05) is 6.07 Å². The third-order valence-corrected chi connectivity index (χ3v) is 4.18. The average molecular weight is 304 g/mol. The van der Waals surface area contributed by atoms with Crippen LogP contribution in [0.15, 0.2) is 21.9 Å². The molecule has 3 rings (SSSR count). The van der Waals surface area contributed by atoms with Crippen molar-refractivity contribution in [3.8, 4) is 0 Å². The molecule has 0 spiro atoms. The molecule has 0 radical (unpaired) electrons. The van der Waals surface area contributed by atoms with E-state index in [-0.39, 0.29) is 6.04 Å². The van der Waals surface area contributed by atoms with Gasteiger partial charge in [-0.15, -0.1) is 0 Å². The highest BCUT2D eigenvalue weighted by Gasteiger charge is 2.21. The highest BCUT2D eigenvalue weighted by molar-refractivity contribution is 5.71. The maximum Gasteiger partial charge on any atom is 0.318 e. The van der Waals surface area contributed by atoms with Crippen molar-refractivity contribution in [2.45, 2.75) is 25.5 Å². The molecule has 0 aromatic carbocycles. The number of aryl methyl sites for hydroxylation is 1. The summed E-state index contributed by atoms with van der Waals surface area (Å²) < 4.78 is 8.07. The molecule has 0 aliphatic carbocycles. The molecule has 1 aliphatic heterocycles. The van der Waals surface area contributed by atoms with E-state index in [0.29, 0.717) is 17.8 Å². The van der Waals surface area contributed by atoms with Crippen LogP contribution < -0.4 is 16.4 Å². The molecular weight excluding hydrogens is 284 g/mol. The topological polar surface area (TPSA) is 78.2 Å². The van der Waals surface area contributed by atoms with E-state index in [1.54, 1.807) is 24.9 Å².